The van der Waals surface area contributed by atoms with Crippen LogP contribution in [-0.2, 0) is 6.42 Å². The van der Waals surface area contributed by atoms with Gasteiger partial charge in [-0.05, 0) is 37.9 Å². The van der Waals surface area contributed by atoms with Crippen molar-refractivity contribution in [2.24, 2.45) is 5.92 Å². The average Bonchev–Trinajstić information content (AvgIpc) is 2.88. The second-order valence-corrected chi connectivity index (χ2v) is 5.76. The number of pyridine rings is 1. The third kappa shape index (κ3) is 3.11. The lowest BCUT2D eigenvalue weighted by Crippen LogP contribution is -2.30. The number of hydrogen-bond acceptors (Lipinski definition) is 5. The van der Waals surface area contributed by atoms with Gasteiger partial charge in [0.25, 0.3) is 0 Å². The first-order chi connectivity index (χ1) is 9.72. The Bertz CT molecular complexity index is 596. The molecular weight excluding hydrogens is 299 g/mol. The maximum Gasteiger partial charge on any atom is 0.227 e. The Morgan fingerprint density at radius 1 is 1.40 bits per heavy atom. The maximum atomic E-state index is 6.09. The first-order valence-corrected chi connectivity index (χ1v) is 7.32. The number of rotatable bonds is 3. The van der Waals surface area contributed by atoms with E-state index in [-0.39, 0.29) is 0 Å². The number of aromatic nitrogens is 3. The van der Waals surface area contributed by atoms with Gasteiger partial charge in [0, 0.05) is 12.6 Å². The molecule has 0 bridgehead atoms. The minimum Gasteiger partial charge on any atom is -0.339 e. The summed E-state index contributed by atoms with van der Waals surface area (Å²) in [6, 6.07) is 1.62. The van der Waals surface area contributed by atoms with E-state index in [1.54, 1.807) is 6.07 Å². The summed E-state index contributed by atoms with van der Waals surface area (Å²) >= 11 is 11.9. The van der Waals surface area contributed by atoms with Gasteiger partial charge in [-0.15, -0.1) is 0 Å². The van der Waals surface area contributed by atoms with E-state index in [0.717, 1.165) is 19.5 Å². The molecule has 3 heterocycles. The second kappa shape index (κ2) is 6.08. The third-order valence-corrected chi connectivity index (χ3v) is 3.84. The van der Waals surface area contributed by atoms with Gasteiger partial charge in [-0.3, -0.25) is 0 Å². The number of piperidine rings is 1. The smallest absolute Gasteiger partial charge is 0.227 e. The van der Waals surface area contributed by atoms with Gasteiger partial charge in [-0.2, -0.15) is 4.98 Å². The van der Waals surface area contributed by atoms with Crippen molar-refractivity contribution in [3.63, 3.8) is 0 Å². The highest BCUT2D eigenvalue weighted by Crippen LogP contribution is 2.26. The van der Waals surface area contributed by atoms with Crippen molar-refractivity contribution in [2.75, 3.05) is 13.1 Å². The Morgan fingerprint density at radius 3 is 3.05 bits per heavy atom. The van der Waals surface area contributed by atoms with Crippen molar-refractivity contribution >= 4 is 23.2 Å². The predicted molar refractivity (Wildman–Crippen MR) is 76.8 cm³/mol. The zero-order valence-corrected chi connectivity index (χ0v) is 12.3. The quantitative estimate of drug-likeness (QED) is 0.944. The normalized spacial score (nSPS) is 19.2. The van der Waals surface area contributed by atoms with Crippen molar-refractivity contribution in [3.8, 4) is 11.5 Å². The van der Waals surface area contributed by atoms with Crippen LogP contribution in [0.1, 0.15) is 18.7 Å². The van der Waals surface area contributed by atoms with Crippen LogP contribution in [0.3, 0.4) is 0 Å². The Hall–Kier alpha value is -1.17. The largest absolute Gasteiger partial charge is 0.339 e. The molecule has 1 unspecified atom stereocenters. The summed E-state index contributed by atoms with van der Waals surface area (Å²) in [5.41, 5.74) is 0.493. The zero-order chi connectivity index (χ0) is 13.9. The molecular formula is C13H14Cl2N4O. The molecule has 0 spiro atoms. The van der Waals surface area contributed by atoms with E-state index < -0.39 is 0 Å². The second-order valence-electron chi connectivity index (χ2n) is 4.91. The maximum absolute atomic E-state index is 6.09. The summed E-state index contributed by atoms with van der Waals surface area (Å²) in [4.78, 5) is 8.52. The molecule has 1 N–H and O–H groups in total. The van der Waals surface area contributed by atoms with Gasteiger partial charge in [0.15, 0.2) is 0 Å². The first kappa shape index (κ1) is 13.8. The summed E-state index contributed by atoms with van der Waals surface area (Å²) < 4.78 is 5.29. The highest BCUT2D eigenvalue weighted by Gasteiger charge is 2.19. The SMILES string of the molecule is Clc1cnc(-c2noc(CC3CCCNC3)n2)c(Cl)c1. The minimum absolute atomic E-state index is 0.408. The Kier molecular flexibility index (Phi) is 4.19. The fourth-order valence-electron chi connectivity index (χ4n) is 2.36. The third-order valence-electron chi connectivity index (χ3n) is 3.35. The summed E-state index contributed by atoms with van der Waals surface area (Å²) in [6.07, 6.45) is 4.68. The number of hydrogen-bond donors (Lipinski definition) is 1. The van der Waals surface area contributed by atoms with Crippen LogP contribution < -0.4 is 5.32 Å². The molecule has 0 saturated carbocycles. The van der Waals surface area contributed by atoms with Crippen LogP contribution in [0.5, 0.6) is 0 Å². The zero-order valence-electron chi connectivity index (χ0n) is 10.8. The number of halogens is 2. The molecule has 0 amide bonds. The molecule has 7 heteroatoms. The topological polar surface area (TPSA) is 63.8 Å². The van der Waals surface area contributed by atoms with Gasteiger partial charge in [-0.1, -0.05) is 28.4 Å². The van der Waals surface area contributed by atoms with Gasteiger partial charge >= 0.3 is 0 Å². The van der Waals surface area contributed by atoms with Crippen LogP contribution in [-0.4, -0.2) is 28.2 Å². The molecule has 2 aromatic heterocycles. The van der Waals surface area contributed by atoms with Crippen LogP contribution >= 0.6 is 23.2 Å². The van der Waals surface area contributed by atoms with E-state index in [9.17, 15) is 0 Å². The highest BCUT2D eigenvalue weighted by molar-refractivity contribution is 6.35. The lowest BCUT2D eigenvalue weighted by Gasteiger charge is -2.20. The van der Waals surface area contributed by atoms with Crippen LogP contribution in [0.25, 0.3) is 11.5 Å². The fourth-order valence-corrected chi connectivity index (χ4v) is 2.82. The van der Waals surface area contributed by atoms with Crippen molar-refractivity contribution in [1.82, 2.24) is 20.4 Å². The number of nitrogens with zero attached hydrogens (tertiary/aromatic N) is 3. The molecule has 5 nitrogen and oxygen atoms in total. The Balaban J connectivity index is 1.75. The summed E-state index contributed by atoms with van der Waals surface area (Å²) in [7, 11) is 0. The number of nitrogens with one attached hydrogen (secondary N) is 1. The van der Waals surface area contributed by atoms with Crippen LogP contribution in [0.2, 0.25) is 10.0 Å². The van der Waals surface area contributed by atoms with Crippen LogP contribution in [0.15, 0.2) is 16.8 Å². The van der Waals surface area contributed by atoms with Gasteiger partial charge in [0.1, 0.15) is 5.69 Å². The summed E-state index contributed by atoms with van der Waals surface area (Å²) in [5, 5.41) is 8.22. The van der Waals surface area contributed by atoms with E-state index in [1.165, 1.54) is 19.0 Å². The Labute approximate surface area is 126 Å². The molecule has 1 aliphatic heterocycles. The minimum atomic E-state index is 0.408. The van der Waals surface area contributed by atoms with Gasteiger partial charge in [-0.25, -0.2) is 4.98 Å². The standard InChI is InChI=1S/C13H14Cl2N4O/c14-9-5-10(15)12(17-7-9)13-18-11(20-19-13)4-8-2-1-3-16-6-8/h5,7-8,16H,1-4,6H2. The van der Waals surface area contributed by atoms with E-state index in [4.69, 9.17) is 27.7 Å². The molecule has 3 rings (SSSR count). The van der Waals surface area contributed by atoms with Gasteiger partial charge < -0.3 is 9.84 Å². The molecule has 1 aliphatic rings. The van der Waals surface area contributed by atoms with E-state index in [1.807, 2.05) is 0 Å². The lowest BCUT2D eigenvalue weighted by atomic mass is 9.96. The van der Waals surface area contributed by atoms with E-state index in [0.29, 0.717) is 33.4 Å². The molecule has 0 radical (unpaired) electrons. The monoisotopic (exact) mass is 312 g/mol. The predicted octanol–water partition coefficient (Wildman–Crippen LogP) is 2.98. The van der Waals surface area contributed by atoms with Crippen LogP contribution in [0.4, 0.5) is 0 Å². The highest BCUT2D eigenvalue weighted by atomic mass is 35.5. The molecule has 0 aromatic carbocycles. The van der Waals surface area contributed by atoms with Crippen molar-refractivity contribution < 1.29 is 4.52 Å². The summed E-state index contributed by atoms with van der Waals surface area (Å²) in [5.74, 6) is 1.58. The fraction of sp³-hybridized carbons (Fsp3) is 0.462. The van der Waals surface area contributed by atoms with E-state index in [2.05, 4.69) is 20.4 Å². The van der Waals surface area contributed by atoms with Crippen molar-refractivity contribution in [1.29, 1.82) is 0 Å². The summed E-state index contributed by atoms with van der Waals surface area (Å²) in [6.45, 7) is 2.09. The molecule has 1 atom stereocenters. The first-order valence-electron chi connectivity index (χ1n) is 6.57. The molecule has 1 fully saturated rings. The molecule has 106 valence electrons. The molecule has 1 saturated heterocycles. The van der Waals surface area contributed by atoms with Crippen molar-refractivity contribution in [3.05, 3.63) is 28.2 Å². The molecule has 0 aliphatic carbocycles. The van der Waals surface area contributed by atoms with Crippen molar-refractivity contribution in [2.45, 2.75) is 19.3 Å². The lowest BCUT2D eigenvalue weighted by molar-refractivity contribution is 0.316. The van der Waals surface area contributed by atoms with Gasteiger partial charge in [0.05, 0.1) is 10.0 Å². The van der Waals surface area contributed by atoms with Gasteiger partial charge in [0.2, 0.25) is 11.7 Å². The van der Waals surface area contributed by atoms with E-state index >= 15 is 0 Å². The molecule has 20 heavy (non-hydrogen) atoms. The molecule has 2 aromatic rings. The average molecular weight is 313 g/mol. The Morgan fingerprint density at radius 2 is 2.30 bits per heavy atom. The van der Waals surface area contributed by atoms with Crippen LogP contribution in [0, 0.1) is 5.92 Å².